The number of aliphatic carboxylic acids is 1. The molecule has 2 aromatic rings. The van der Waals surface area contributed by atoms with Crippen LogP contribution in [0.2, 0.25) is 0 Å². The van der Waals surface area contributed by atoms with Crippen LogP contribution in [0.15, 0.2) is 36.5 Å². The van der Waals surface area contributed by atoms with Gasteiger partial charge in [0.2, 0.25) is 0 Å². The quantitative estimate of drug-likeness (QED) is 0.852. The van der Waals surface area contributed by atoms with Gasteiger partial charge in [-0.25, -0.2) is 0 Å². The van der Waals surface area contributed by atoms with Gasteiger partial charge in [0.15, 0.2) is 0 Å². The molecule has 0 saturated carbocycles. The van der Waals surface area contributed by atoms with Crippen molar-refractivity contribution in [2.24, 2.45) is 7.05 Å². The lowest BCUT2D eigenvalue weighted by Gasteiger charge is -2.04. The number of hydrogen-bond donors (Lipinski definition) is 2. The first kappa shape index (κ1) is 14.1. The Morgan fingerprint density at radius 1 is 1.32 bits per heavy atom. The Hall–Kier alpha value is -2.82. The molecule has 0 spiro atoms. The summed E-state index contributed by atoms with van der Waals surface area (Å²) in [4.78, 5) is 22.9. The van der Waals surface area contributed by atoms with E-state index in [1.165, 1.54) is 0 Å². The van der Waals surface area contributed by atoms with E-state index in [2.05, 4.69) is 5.32 Å². The van der Waals surface area contributed by atoms with Gasteiger partial charge in [-0.1, -0.05) is 18.2 Å². The van der Waals surface area contributed by atoms with Gasteiger partial charge in [-0.3, -0.25) is 9.59 Å². The molecular formula is C17H16N2O3. The van der Waals surface area contributed by atoms with Gasteiger partial charge in [0.25, 0.3) is 5.91 Å². The minimum Gasteiger partial charge on any atom is -0.481 e. The molecule has 5 heteroatoms. The van der Waals surface area contributed by atoms with Crippen LogP contribution in [0.4, 0.5) is 5.69 Å². The molecule has 0 aliphatic carbocycles. The van der Waals surface area contributed by atoms with Crippen LogP contribution >= 0.6 is 0 Å². The number of aromatic nitrogens is 1. The molecular weight excluding hydrogens is 280 g/mol. The molecule has 0 fully saturated rings. The predicted molar refractivity (Wildman–Crippen MR) is 84.3 cm³/mol. The summed E-state index contributed by atoms with van der Waals surface area (Å²) in [5, 5.41) is 11.7. The fourth-order valence-electron chi connectivity index (χ4n) is 2.66. The molecule has 0 unspecified atom stereocenters. The maximum absolute atomic E-state index is 12.2. The second-order valence-corrected chi connectivity index (χ2v) is 5.29. The van der Waals surface area contributed by atoms with Crippen molar-refractivity contribution in [2.45, 2.75) is 12.8 Å². The Kier molecular flexibility index (Phi) is 3.55. The molecule has 0 bridgehead atoms. The SMILES string of the molecule is Cn1ccc(CCC(=O)O)c1C=C1C(=O)Nc2ccccc21. The van der Waals surface area contributed by atoms with E-state index in [0.29, 0.717) is 12.0 Å². The Balaban J connectivity index is 2.00. The number of benzene rings is 1. The number of anilines is 1. The van der Waals surface area contributed by atoms with E-state index in [4.69, 9.17) is 5.11 Å². The lowest BCUT2D eigenvalue weighted by Crippen LogP contribution is -2.05. The molecule has 1 aliphatic rings. The molecule has 5 nitrogen and oxygen atoms in total. The van der Waals surface area contributed by atoms with Gasteiger partial charge in [-0.2, -0.15) is 0 Å². The first-order valence-corrected chi connectivity index (χ1v) is 7.04. The van der Waals surface area contributed by atoms with Gasteiger partial charge in [-0.15, -0.1) is 0 Å². The number of para-hydroxylation sites is 1. The molecule has 2 N–H and O–H groups in total. The summed E-state index contributed by atoms with van der Waals surface area (Å²) in [5.74, 6) is -0.960. The topological polar surface area (TPSA) is 71.3 Å². The number of aryl methyl sites for hydroxylation is 2. The standard InChI is InChI=1S/C17H16N2O3/c1-19-9-8-11(6-7-16(20)21)15(19)10-13-12-4-2-3-5-14(12)18-17(13)22/h2-5,8-10H,6-7H2,1H3,(H,18,22)(H,20,21). The van der Waals surface area contributed by atoms with Crippen molar-refractivity contribution in [1.82, 2.24) is 4.57 Å². The Labute approximate surface area is 127 Å². The van der Waals surface area contributed by atoms with Gasteiger partial charge >= 0.3 is 5.97 Å². The smallest absolute Gasteiger partial charge is 0.303 e. The zero-order valence-electron chi connectivity index (χ0n) is 12.2. The summed E-state index contributed by atoms with van der Waals surface area (Å²) in [6, 6.07) is 9.43. The summed E-state index contributed by atoms with van der Waals surface area (Å²) in [7, 11) is 1.88. The van der Waals surface area contributed by atoms with Crippen LogP contribution in [0.1, 0.15) is 23.2 Å². The van der Waals surface area contributed by atoms with Crippen LogP contribution in [0.5, 0.6) is 0 Å². The molecule has 112 valence electrons. The van der Waals surface area contributed by atoms with Crippen molar-refractivity contribution in [3.63, 3.8) is 0 Å². The highest BCUT2D eigenvalue weighted by molar-refractivity contribution is 6.34. The minimum atomic E-state index is -0.827. The maximum Gasteiger partial charge on any atom is 0.303 e. The second-order valence-electron chi connectivity index (χ2n) is 5.29. The van der Waals surface area contributed by atoms with Gasteiger partial charge in [0, 0.05) is 36.6 Å². The highest BCUT2D eigenvalue weighted by Crippen LogP contribution is 2.33. The third-order valence-corrected chi connectivity index (χ3v) is 3.81. The first-order chi connectivity index (χ1) is 10.6. The van der Waals surface area contributed by atoms with Crippen molar-refractivity contribution >= 4 is 29.2 Å². The predicted octanol–water partition coefficient (Wildman–Crippen LogP) is 2.54. The molecule has 1 aliphatic heterocycles. The number of nitrogens with zero attached hydrogens (tertiary/aromatic N) is 1. The molecule has 1 aromatic heterocycles. The van der Waals surface area contributed by atoms with Crippen LogP contribution in [-0.4, -0.2) is 21.6 Å². The monoisotopic (exact) mass is 296 g/mol. The summed E-state index contributed by atoms with van der Waals surface area (Å²) in [6.07, 6.45) is 4.22. The van der Waals surface area contributed by atoms with Crippen molar-refractivity contribution in [2.75, 3.05) is 5.32 Å². The number of carbonyl (C=O) groups is 2. The van der Waals surface area contributed by atoms with Crippen molar-refractivity contribution < 1.29 is 14.7 Å². The van der Waals surface area contributed by atoms with Crippen molar-refractivity contribution in [1.29, 1.82) is 0 Å². The third-order valence-electron chi connectivity index (χ3n) is 3.81. The Morgan fingerprint density at radius 2 is 2.09 bits per heavy atom. The summed E-state index contributed by atoms with van der Waals surface area (Å²) < 4.78 is 1.90. The fourth-order valence-corrected chi connectivity index (χ4v) is 2.66. The van der Waals surface area contributed by atoms with Crippen LogP contribution < -0.4 is 5.32 Å². The van der Waals surface area contributed by atoms with E-state index in [1.807, 2.05) is 54.2 Å². The van der Waals surface area contributed by atoms with Gasteiger partial charge < -0.3 is 15.0 Å². The molecule has 3 rings (SSSR count). The van der Waals surface area contributed by atoms with E-state index < -0.39 is 5.97 Å². The number of carbonyl (C=O) groups excluding carboxylic acids is 1. The van der Waals surface area contributed by atoms with Crippen LogP contribution in [0, 0.1) is 0 Å². The van der Waals surface area contributed by atoms with E-state index in [-0.39, 0.29) is 12.3 Å². The van der Waals surface area contributed by atoms with Crippen molar-refractivity contribution in [3.8, 4) is 0 Å². The van der Waals surface area contributed by atoms with E-state index in [9.17, 15) is 9.59 Å². The van der Waals surface area contributed by atoms with Gasteiger partial charge in [0.1, 0.15) is 0 Å². The average molecular weight is 296 g/mol. The summed E-state index contributed by atoms with van der Waals surface area (Å²) >= 11 is 0. The van der Waals surface area contributed by atoms with Crippen LogP contribution in [0.25, 0.3) is 11.6 Å². The lowest BCUT2D eigenvalue weighted by molar-refractivity contribution is -0.137. The number of carboxylic acid groups (broad SMARTS) is 1. The van der Waals surface area contributed by atoms with Crippen LogP contribution in [0.3, 0.4) is 0 Å². The second kappa shape index (κ2) is 5.52. The molecule has 1 aromatic carbocycles. The highest BCUT2D eigenvalue weighted by Gasteiger charge is 2.24. The van der Waals surface area contributed by atoms with E-state index >= 15 is 0 Å². The maximum atomic E-state index is 12.2. The normalized spacial score (nSPS) is 15.0. The van der Waals surface area contributed by atoms with Gasteiger partial charge in [0.05, 0.1) is 5.57 Å². The highest BCUT2D eigenvalue weighted by atomic mass is 16.4. The largest absolute Gasteiger partial charge is 0.481 e. The third kappa shape index (κ3) is 2.53. The number of rotatable bonds is 4. The minimum absolute atomic E-state index is 0.0724. The lowest BCUT2D eigenvalue weighted by atomic mass is 10.0. The Bertz CT molecular complexity index is 787. The van der Waals surface area contributed by atoms with Crippen molar-refractivity contribution in [3.05, 3.63) is 53.3 Å². The summed E-state index contributed by atoms with van der Waals surface area (Å²) in [6.45, 7) is 0. The zero-order valence-corrected chi connectivity index (χ0v) is 12.2. The number of hydrogen-bond acceptors (Lipinski definition) is 2. The molecule has 22 heavy (non-hydrogen) atoms. The van der Waals surface area contributed by atoms with E-state index in [1.54, 1.807) is 0 Å². The average Bonchev–Trinajstić information content (AvgIpc) is 2.99. The van der Waals surface area contributed by atoms with E-state index in [0.717, 1.165) is 22.5 Å². The molecule has 0 saturated heterocycles. The Morgan fingerprint density at radius 3 is 2.86 bits per heavy atom. The summed E-state index contributed by atoms with van der Waals surface area (Å²) in [5.41, 5.74) is 4.07. The first-order valence-electron chi connectivity index (χ1n) is 7.04. The number of nitrogens with one attached hydrogen (secondary N) is 1. The molecule has 0 atom stereocenters. The molecule has 0 radical (unpaired) electrons. The number of amides is 1. The zero-order chi connectivity index (χ0) is 15.7. The fraction of sp³-hybridized carbons (Fsp3) is 0.176. The van der Waals surface area contributed by atoms with Gasteiger partial charge in [-0.05, 0) is 30.2 Å². The molecule has 2 heterocycles. The number of carboxylic acids is 1. The molecule has 1 amide bonds. The number of fused-ring (bicyclic) bond motifs is 1. The van der Waals surface area contributed by atoms with Crippen LogP contribution in [-0.2, 0) is 23.1 Å².